The minimum atomic E-state index is -0.809. The molecule has 10 heteroatoms. The summed E-state index contributed by atoms with van der Waals surface area (Å²) >= 11 is 6.36. The Labute approximate surface area is 182 Å². The summed E-state index contributed by atoms with van der Waals surface area (Å²) in [6, 6.07) is 4.77. The highest BCUT2D eigenvalue weighted by Crippen LogP contribution is 2.29. The molecular weight excluding hydrogens is 412 g/mol. The number of nitrogens with one attached hydrogen (secondary N) is 2. The topological polar surface area (TPSA) is 103 Å². The average molecular weight is 443 g/mol. The number of halogens is 1. The van der Waals surface area contributed by atoms with Crippen molar-refractivity contribution in [3.63, 3.8) is 0 Å². The quantitative estimate of drug-likeness (QED) is 0.475. The Kier molecular flexibility index (Phi) is 9.64. The van der Waals surface area contributed by atoms with Crippen molar-refractivity contribution in [1.82, 2.24) is 10.2 Å². The van der Waals surface area contributed by atoms with Crippen molar-refractivity contribution in [1.29, 1.82) is 0 Å². The molecule has 1 heterocycles. The van der Waals surface area contributed by atoms with E-state index in [1.807, 2.05) is 18.7 Å². The molecule has 1 unspecified atom stereocenters. The molecule has 1 atom stereocenters. The number of hydrogen-bond acceptors (Lipinski definition) is 6. The van der Waals surface area contributed by atoms with Crippen LogP contribution in [0.2, 0.25) is 5.02 Å². The molecule has 0 spiro atoms. The zero-order chi connectivity index (χ0) is 22.1. The maximum Gasteiger partial charge on any atom is 0.321 e. The molecule has 0 bridgehead atoms. The van der Waals surface area contributed by atoms with Gasteiger partial charge in [-0.3, -0.25) is 4.79 Å². The van der Waals surface area contributed by atoms with Gasteiger partial charge >= 0.3 is 6.03 Å². The Morgan fingerprint density at radius 2 is 2.17 bits per heavy atom. The molecule has 3 N–H and O–H groups in total. The first-order valence-electron chi connectivity index (χ1n) is 9.97. The standard InChI is InChI=1S/C20H31ClN4O5/c1-14(2)30-9-8-29-13-16(26)11-24(3)20(28)23-15-4-5-18(17(21)10-15)25-7-6-22-19(27)12-25/h4-5,10,14,16,26H,6-9,11-13H2,1-3H3,(H,22,27)(H,23,28). The summed E-state index contributed by atoms with van der Waals surface area (Å²) in [7, 11) is 1.59. The van der Waals surface area contributed by atoms with Crippen LogP contribution >= 0.6 is 11.6 Å². The maximum atomic E-state index is 12.4. The summed E-state index contributed by atoms with van der Waals surface area (Å²) < 4.78 is 10.7. The largest absolute Gasteiger partial charge is 0.389 e. The van der Waals surface area contributed by atoms with Crippen molar-refractivity contribution < 1.29 is 24.2 Å². The molecule has 1 fully saturated rings. The van der Waals surface area contributed by atoms with E-state index in [9.17, 15) is 14.7 Å². The number of urea groups is 1. The van der Waals surface area contributed by atoms with Crippen molar-refractivity contribution in [3.05, 3.63) is 23.2 Å². The highest BCUT2D eigenvalue weighted by atomic mass is 35.5. The number of aliphatic hydroxyl groups is 1. The van der Waals surface area contributed by atoms with Crippen molar-refractivity contribution in [3.8, 4) is 0 Å². The third-order valence-electron chi connectivity index (χ3n) is 4.40. The molecule has 30 heavy (non-hydrogen) atoms. The van der Waals surface area contributed by atoms with Crippen molar-refractivity contribution in [2.45, 2.75) is 26.1 Å². The third kappa shape index (κ3) is 7.98. The molecule has 9 nitrogen and oxygen atoms in total. The fourth-order valence-corrected chi connectivity index (χ4v) is 3.22. The van der Waals surface area contributed by atoms with Crippen LogP contribution in [-0.2, 0) is 14.3 Å². The average Bonchev–Trinajstić information content (AvgIpc) is 2.67. The monoisotopic (exact) mass is 442 g/mol. The lowest BCUT2D eigenvalue weighted by Crippen LogP contribution is -2.47. The fraction of sp³-hybridized carbons (Fsp3) is 0.600. The number of aliphatic hydroxyl groups excluding tert-OH is 1. The van der Waals surface area contributed by atoms with Gasteiger partial charge < -0.3 is 35.0 Å². The van der Waals surface area contributed by atoms with E-state index in [-0.39, 0.29) is 37.7 Å². The first-order chi connectivity index (χ1) is 14.3. The Morgan fingerprint density at radius 1 is 1.40 bits per heavy atom. The van der Waals surface area contributed by atoms with Gasteiger partial charge in [0.2, 0.25) is 5.91 Å². The van der Waals surface area contributed by atoms with Gasteiger partial charge in [0.25, 0.3) is 0 Å². The van der Waals surface area contributed by atoms with Gasteiger partial charge in [0.05, 0.1) is 55.8 Å². The second kappa shape index (κ2) is 11.9. The van der Waals surface area contributed by atoms with E-state index in [0.29, 0.717) is 37.0 Å². The number of ether oxygens (including phenoxy) is 2. The number of carbonyl (C=O) groups is 2. The van der Waals surface area contributed by atoms with E-state index in [2.05, 4.69) is 10.6 Å². The van der Waals surface area contributed by atoms with Gasteiger partial charge in [0.1, 0.15) is 0 Å². The molecule has 1 aromatic carbocycles. The Morgan fingerprint density at radius 3 is 2.83 bits per heavy atom. The normalized spacial score (nSPS) is 15.1. The van der Waals surface area contributed by atoms with E-state index in [1.54, 1.807) is 25.2 Å². The van der Waals surface area contributed by atoms with E-state index >= 15 is 0 Å². The van der Waals surface area contributed by atoms with Crippen LogP contribution in [0, 0.1) is 0 Å². The van der Waals surface area contributed by atoms with Crippen LogP contribution in [0.3, 0.4) is 0 Å². The number of carbonyl (C=O) groups excluding carboxylic acids is 2. The van der Waals surface area contributed by atoms with Crippen LogP contribution in [0.5, 0.6) is 0 Å². The lowest BCUT2D eigenvalue weighted by Gasteiger charge is -2.29. The Bertz CT molecular complexity index is 718. The van der Waals surface area contributed by atoms with Crippen molar-refractivity contribution in [2.24, 2.45) is 0 Å². The van der Waals surface area contributed by atoms with Crippen LogP contribution in [0.15, 0.2) is 18.2 Å². The second-order valence-corrected chi connectivity index (χ2v) is 7.80. The minimum absolute atomic E-state index is 0.0497. The van der Waals surface area contributed by atoms with E-state index in [1.165, 1.54) is 4.90 Å². The first kappa shape index (κ1) is 24.2. The van der Waals surface area contributed by atoms with Crippen molar-refractivity contribution >= 4 is 34.9 Å². The summed E-state index contributed by atoms with van der Waals surface area (Å²) in [4.78, 5) is 27.2. The molecule has 1 aliphatic rings. The fourth-order valence-electron chi connectivity index (χ4n) is 2.92. The highest BCUT2D eigenvalue weighted by molar-refractivity contribution is 6.33. The van der Waals surface area contributed by atoms with Gasteiger partial charge in [0, 0.05) is 25.8 Å². The number of rotatable bonds is 10. The van der Waals surface area contributed by atoms with E-state index in [4.69, 9.17) is 21.1 Å². The number of hydrogen-bond donors (Lipinski definition) is 3. The van der Waals surface area contributed by atoms with Crippen LogP contribution in [-0.4, -0.2) is 87.2 Å². The summed E-state index contributed by atoms with van der Waals surface area (Å²) in [5.41, 5.74) is 1.27. The molecule has 0 aromatic heterocycles. The van der Waals surface area contributed by atoms with Gasteiger partial charge in [-0.05, 0) is 32.0 Å². The predicted octanol–water partition coefficient (Wildman–Crippen LogP) is 1.54. The Balaban J connectivity index is 1.79. The molecule has 1 saturated heterocycles. The zero-order valence-electron chi connectivity index (χ0n) is 17.7. The maximum absolute atomic E-state index is 12.4. The SMILES string of the molecule is CC(C)OCCOCC(O)CN(C)C(=O)Nc1ccc(N2CCNC(=O)C2)c(Cl)c1. The van der Waals surface area contributed by atoms with Gasteiger partial charge in [-0.2, -0.15) is 0 Å². The summed E-state index contributed by atoms with van der Waals surface area (Å²) in [5.74, 6) is -0.0497. The van der Waals surface area contributed by atoms with Crippen LogP contribution in [0.4, 0.5) is 16.2 Å². The van der Waals surface area contributed by atoms with Crippen LogP contribution in [0.25, 0.3) is 0 Å². The number of anilines is 2. The zero-order valence-corrected chi connectivity index (χ0v) is 18.4. The molecule has 1 aliphatic heterocycles. The Hall–Kier alpha value is -2.07. The van der Waals surface area contributed by atoms with Gasteiger partial charge in [-0.15, -0.1) is 0 Å². The number of likely N-dealkylation sites (N-methyl/N-ethyl adjacent to an activating group) is 1. The smallest absolute Gasteiger partial charge is 0.321 e. The van der Waals surface area contributed by atoms with Crippen molar-refractivity contribution in [2.75, 3.05) is 63.3 Å². The summed E-state index contributed by atoms with van der Waals surface area (Å²) in [6.45, 7) is 6.43. The van der Waals surface area contributed by atoms with Gasteiger partial charge in [0.15, 0.2) is 0 Å². The second-order valence-electron chi connectivity index (χ2n) is 7.40. The third-order valence-corrected chi connectivity index (χ3v) is 4.70. The molecule has 0 radical (unpaired) electrons. The minimum Gasteiger partial charge on any atom is -0.389 e. The highest BCUT2D eigenvalue weighted by Gasteiger charge is 2.19. The van der Waals surface area contributed by atoms with Crippen LogP contribution < -0.4 is 15.5 Å². The number of piperazine rings is 1. The molecule has 0 saturated carbocycles. The molecule has 1 aromatic rings. The molecule has 2 rings (SSSR count). The number of nitrogens with zero attached hydrogens (tertiary/aromatic N) is 2. The molecular formula is C20H31ClN4O5. The summed E-state index contributed by atoms with van der Waals surface area (Å²) in [6.07, 6.45) is -0.675. The number of benzene rings is 1. The van der Waals surface area contributed by atoms with Gasteiger partial charge in [-0.1, -0.05) is 11.6 Å². The number of amides is 3. The summed E-state index contributed by atoms with van der Waals surface area (Å²) in [5, 5.41) is 16.0. The van der Waals surface area contributed by atoms with E-state index < -0.39 is 6.10 Å². The first-order valence-corrected chi connectivity index (χ1v) is 10.3. The lowest BCUT2D eigenvalue weighted by molar-refractivity contribution is -0.120. The lowest BCUT2D eigenvalue weighted by atomic mass is 10.2. The van der Waals surface area contributed by atoms with Crippen LogP contribution in [0.1, 0.15) is 13.8 Å². The predicted molar refractivity (Wildman–Crippen MR) is 116 cm³/mol. The van der Waals surface area contributed by atoms with E-state index in [0.717, 1.165) is 5.69 Å². The molecule has 0 aliphatic carbocycles. The molecule has 168 valence electrons. The van der Waals surface area contributed by atoms with Gasteiger partial charge in [-0.25, -0.2) is 4.79 Å². The molecule has 3 amide bonds.